The molecule has 0 aromatic carbocycles. The molecule has 1 aromatic rings. The van der Waals surface area contributed by atoms with Crippen LogP contribution in [0.15, 0.2) is 10.4 Å². The summed E-state index contributed by atoms with van der Waals surface area (Å²) in [5, 5.41) is 9.30. The number of likely N-dealkylation sites (N-methyl/N-ethyl adjacent to an activating group) is 1. The average molecular weight is 479 g/mol. The lowest BCUT2D eigenvalue weighted by molar-refractivity contribution is -0.142. The number of hydrogen-bond donors (Lipinski definition) is 2. The third kappa shape index (κ3) is 11.0. The van der Waals surface area contributed by atoms with E-state index in [-0.39, 0.29) is 30.5 Å². The Morgan fingerprint density at radius 3 is 2.62 bits per heavy atom. The number of rotatable bonds is 8. The van der Waals surface area contributed by atoms with E-state index >= 15 is 0 Å². The zero-order valence-corrected chi connectivity index (χ0v) is 17.3. The average Bonchev–Trinajstić information content (AvgIpc) is 2.82. The fraction of sp³-hybridized carbons (Fsp3) is 0.714. The fourth-order valence-electron chi connectivity index (χ4n) is 1.89. The standard InChI is InChI=1S/C14H24F3N5S.HI/c1-4-18-13(19-6-5-12-9-23-11(2)21-12)20-7-8-22(3)10-14(15,16)17;/h9H,4-8,10H2,1-3H3,(H2,18,19,20);1H. The van der Waals surface area contributed by atoms with E-state index in [9.17, 15) is 13.2 Å². The molecular weight excluding hydrogens is 454 g/mol. The molecule has 2 N–H and O–H groups in total. The van der Waals surface area contributed by atoms with Crippen LogP contribution in [0.3, 0.4) is 0 Å². The van der Waals surface area contributed by atoms with E-state index in [0.717, 1.165) is 17.1 Å². The van der Waals surface area contributed by atoms with Crippen molar-refractivity contribution in [3.8, 4) is 0 Å². The molecule has 0 radical (unpaired) electrons. The number of nitrogens with one attached hydrogen (secondary N) is 2. The van der Waals surface area contributed by atoms with Crippen molar-refractivity contribution in [2.75, 3.05) is 39.8 Å². The number of aliphatic imine (C=N–C) groups is 1. The van der Waals surface area contributed by atoms with Crippen molar-refractivity contribution in [1.29, 1.82) is 0 Å². The summed E-state index contributed by atoms with van der Waals surface area (Å²) >= 11 is 1.61. The summed E-state index contributed by atoms with van der Waals surface area (Å²) in [6, 6.07) is 0. The molecule has 1 heterocycles. The zero-order chi connectivity index (χ0) is 17.3. The van der Waals surface area contributed by atoms with E-state index in [1.807, 2.05) is 19.2 Å². The first-order chi connectivity index (χ1) is 10.8. The Bertz CT molecular complexity index is 493. The number of aryl methyl sites for hydroxylation is 1. The molecule has 5 nitrogen and oxygen atoms in total. The number of hydrogen-bond acceptors (Lipinski definition) is 4. The molecule has 0 amide bonds. The van der Waals surface area contributed by atoms with E-state index in [0.29, 0.717) is 25.6 Å². The molecule has 0 unspecified atom stereocenters. The van der Waals surface area contributed by atoms with Crippen LogP contribution in [0.4, 0.5) is 13.2 Å². The normalized spacial score (nSPS) is 12.2. The van der Waals surface area contributed by atoms with Gasteiger partial charge in [0.2, 0.25) is 0 Å². The van der Waals surface area contributed by atoms with Crippen LogP contribution >= 0.6 is 35.3 Å². The van der Waals surface area contributed by atoms with E-state index in [4.69, 9.17) is 0 Å². The molecule has 0 atom stereocenters. The molecule has 10 heteroatoms. The number of thiazole rings is 1. The van der Waals surface area contributed by atoms with Gasteiger partial charge in [-0.25, -0.2) is 4.98 Å². The topological polar surface area (TPSA) is 52.6 Å². The summed E-state index contributed by atoms with van der Waals surface area (Å²) in [6.45, 7) is 4.91. The second kappa shape index (κ2) is 11.9. The highest BCUT2D eigenvalue weighted by Crippen LogP contribution is 2.15. The smallest absolute Gasteiger partial charge is 0.357 e. The van der Waals surface area contributed by atoms with Gasteiger partial charge in [0.25, 0.3) is 0 Å². The van der Waals surface area contributed by atoms with Crippen molar-refractivity contribution in [2.45, 2.75) is 26.4 Å². The van der Waals surface area contributed by atoms with E-state index in [1.54, 1.807) is 11.3 Å². The Balaban J connectivity index is 0.00000529. The van der Waals surface area contributed by atoms with Gasteiger partial charge in [-0.15, -0.1) is 35.3 Å². The van der Waals surface area contributed by atoms with Gasteiger partial charge in [-0.05, 0) is 20.9 Å². The highest BCUT2D eigenvalue weighted by Gasteiger charge is 2.28. The number of halogens is 4. The van der Waals surface area contributed by atoms with Gasteiger partial charge in [0, 0.05) is 31.4 Å². The Kier molecular flexibility index (Phi) is 11.5. The molecule has 0 aliphatic rings. The second-order valence-electron chi connectivity index (χ2n) is 5.15. The van der Waals surface area contributed by atoms with Crippen LogP contribution in [0.2, 0.25) is 0 Å². The summed E-state index contributed by atoms with van der Waals surface area (Å²) in [4.78, 5) is 9.88. The lowest BCUT2D eigenvalue weighted by Gasteiger charge is -2.17. The minimum Gasteiger partial charge on any atom is -0.357 e. The second-order valence-corrected chi connectivity index (χ2v) is 6.21. The Hall–Kier alpha value is -0.620. The van der Waals surface area contributed by atoms with Gasteiger partial charge in [0.15, 0.2) is 5.96 Å². The van der Waals surface area contributed by atoms with Crippen molar-refractivity contribution in [1.82, 2.24) is 20.5 Å². The molecule has 1 rings (SSSR count). The molecule has 140 valence electrons. The molecule has 0 aliphatic heterocycles. The Labute approximate surface area is 162 Å². The van der Waals surface area contributed by atoms with Gasteiger partial charge in [-0.1, -0.05) is 0 Å². The predicted molar refractivity (Wildman–Crippen MR) is 104 cm³/mol. The van der Waals surface area contributed by atoms with Crippen molar-refractivity contribution >= 4 is 41.3 Å². The number of guanidine groups is 1. The minimum atomic E-state index is -4.17. The van der Waals surface area contributed by atoms with Gasteiger partial charge >= 0.3 is 6.18 Å². The number of nitrogens with zero attached hydrogens (tertiary/aromatic N) is 3. The van der Waals surface area contributed by atoms with Crippen LogP contribution < -0.4 is 10.6 Å². The lowest BCUT2D eigenvalue weighted by Crippen LogP contribution is -2.39. The van der Waals surface area contributed by atoms with Crippen molar-refractivity contribution in [2.24, 2.45) is 4.99 Å². The van der Waals surface area contributed by atoms with Crippen LogP contribution in [0.25, 0.3) is 0 Å². The SMILES string of the molecule is CCNC(=NCCN(C)CC(F)(F)F)NCCc1csc(C)n1.I. The summed E-state index contributed by atoms with van der Waals surface area (Å²) in [5.41, 5.74) is 1.03. The molecule has 0 spiro atoms. The maximum Gasteiger partial charge on any atom is 0.401 e. The van der Waals surface area contributed by atoms with Crippen LogP contribution in [-0.4, -0.2) is 61.8 Å². The molecule has 0 aliphatic carbocycles. The fourth-order valence-corrected chi connectivity index (χ4v) is 2.54. The van der Waals surface area contributed by atoms with Gasteiger partial charge in [0.1, 0.15) is 0 Å². The highest BCUT2D eigenvalue weighted by atomic mass is 127. The first-order valence-corrected chi connectivity index (χ1v) is 8.36. The molecule has 0 fully saturated rings. The largest absolute Gasteiger partial charge is 0.401 e. The maximum atomic E-state index is 12.2. The summed E-state index contributed by atoms with van der Waals surface area (Å²) < 4.78 is 36.7. The Morgan fingerprint density at radius 2 is 2.08 bits per heavy atom. The minimum absolute atomic E-state index is 0. The van der Waals surface area contributed by atoms with Crippen LogP contribution in [-0.2, 0) is 6.42 Å². The first-order valence-electron chi connectivity index (χ1n) is 7.48. The van der Waals surface area contributed by atoms with E-state index in [1.165, 1.54) is 11.9 Å². The van der Waals surface area contributed by atoms with Crippen molar-refractivity contribution in [3.63, 3.8) is 0 Å². The van der Waals surface area contributed by atoms with Gasteiger partial charge in [-0.3, -0.25) is 9.89 Å². The van der Waals surface area contributed by atoms with Crippen LogP contribution in [0.1, 0.15) is 17.6 Å². The molecular formula is C14H25F3IN5S. The first kappa shape index (κ1) is 23.4. The van der Waals surface area contributed by atoms with Crippen LogP contribution in [0, 0.1) is 6.92 Å². The summed E-state index contributed by atoms with van der Waals surface area (Å²) in [6.07, 6.45) is -3.39. The molecule has 24 heavy (non-hydrogen) atoms. The summed E-state index contributed by atoms with van der Waals surface area (Å²) in [5.74, 6) is 0.611. The van der Waals surface area contributed by atoms with Crippen molar-refractivity contribution < 1.29 is 13.2 Å². The monoisotopic (exact) mass is 479 g/mol. The third-order valence-electron chi connectivity index (χ3n) is 2.89. The quantitative estimate of drug-likeness (QED) is 0.342. The zero-order valence-electron chi connectivity index (χ0n) is 14.1. The predicted octanol–water partition coefficient (Wildman–Crippen LogP) is 2.66. The van der Waals surface area contributed by atoms with Crippen LogP contribution in [0.5, 0.6) is 0 Å². The maximum absolute atomic E-state index is 12.2. The third-order valence-corrected chi connectivity index (χ3v) is 3.71. The Morgan fingerprint density at radius 1 is 1.38 bits per heavy atom. The molecule has 0 saturated carbocycles. The molecule has 0 saturated heterocycles. The van der Waals surface area contributed by atoms with E-state index in [2.05, 4.69) is 20.6 Å². The number of alkyl halides is 3. The van der Waals surface area contributed by atoms with Gasteiger partial charge in [-0.2, -0.15) is 13.2 Å². The lowest BCUT2D eigenvalue weighted by atomic mass is 10.3. The highest BCUT2D eigenvalue weighted by molar-refractivity contribution is 14.0. The van der Waals surface area contributed by atoms with E-state index < -0.39 is 12.7 Å². The van der Waals surface area contributed by atoms with Gasteiger partial charge in [0.05, 0.1) is 23.8 Å². The number of aromatic nitrogens is 1. The molecule has 0 bridgehead atoms. The molecule has 1 aromatic heterocycles. The van der Waals surface area contributed by atoms with Gasteiger partial charge < -0.3 is 10.6 Å². The summed E-state index contributed by atoms with van der Waals surface area (Å²) in [7, 11) is 1.44. The van der Waals surface area contributed by atoms with Crippen molar-refractivity contribution in [3.05, 3.63) is 16.1 Å².